The SMILES string of the molecule is CCC(C)Oc1ccc(CNc2cccc(OC)c2)cc1. The Kier molecular flexibility index (Phi) is 5.50. The summed E-state index contributed by atoms with van der Waals surface area (Å²) in [6.45, 7) is 4.98. The molecule has 0 aromatic heterocycles. The quantitative estimate of drug-likeness (QED) is 0.813. The second-order valence-corrected chi connectivity index (χ2v) is 5.07. The van der Waals surface area contributed by atoms with Crippen LogP contribution in [0, 0.1) is 0 Å². The summed E-state index contributed by atoms with van der Waals surface area (Å²) in [4.78, 5) is 0. The van der Waals surface area contributed by atoms with Crippen LogP contribution in [0.1, 0.15) is 25.8 Å². The Bertz CT molecular complexity index is 551. The van der Waals surface area contributed by atoms with Crippen LogP contribution >= 0.6 is 0 Å². The molecule has 0 aliphatic rings. The van der Waals surface area contributed by atoms with E-state index in [1.54, 1.807) is 7.11 Å². The summed E-state index contributed by atoms with van der Waals surface area (Å²) in [7, 11) is 1.68. The van der Waals surface area contributed by atoms with Crippen molar-refractivity contribution in [3.8, 4) is 11.5 Å². The first kappa shape index (κ1) is 15.2. The minimum atomic E-state index is 0.255. The molecule has 2 rings (SSSR count). The average molecular weight is 285 g/mol. The van der Waals surface area contributed by atoms with Crippen LogP contribution in [0.4, 0.5) is 5.69 Å². The molecule has 3 nitrogen and oxygen atoms in total. The highest BCUT2D eigenvalue weighted by molar-refractivity contribution is 5.48. The molecule has 112 valence electrons. The molecule has 0 fully saturated rings. The lowest BCUT2D eigenvalue weighted by Crippen LogP contribution is -2.09. The zero-order chi connectivity index (χ0) is 15.1. The third-order valence-electron chi connectivity index (χ3n) is 3.40. The Morgan fingerprint density at radius 3 is 2.48 bits per heavy atom. The van der Waals surface area contributed by atoms with E-state index in [0.717, 1.165) is 30.2 Å². The van der Waals surface area contributed by atoms with Gasteiger partial charge in [0.25, 0.3) is 0 Å². The normalized spacial score (nSPS) is 11.8. The number of rotatable bonds is 7. The predicted octanol–water partition coefficient (Wildman–Crippen LogP) is 4.48. The second-order valence-electron chi connectivity index (χ2n) is 5.07. The maximum Gasteiger partial charge on any atom is 0.120 e. The molecule has 0 aliphatic heterocycles. The molecule has 2 aromatic carbocycles. The standard InChI is InChI=1S/C18H23NO2/c1-4-14(2)21-17-10-8-15(9-11-17)13-19-16-6-5-7-18(12-16)20-3/h5-12,14,19H,4,13H2,1-3H3. The summed E-state index contributed by atoms with van der Waals surface area (Å²) in [5, 5.41) is 3.39. The molecule has 0 heterocycles. The van der Waals surface area contributed by atoms with E-state index in [4.69, 9.17) is 9.47 Å². The predicted molar refractivity (Wildman–Crippen MR) is 87.1 cm³/mol. The first-order chi connectivity index (χ1) is 10.2. The van der Waals surface area contributed by atoms with Gasteiger partial charge < -0.3 is 14.8 Å². The molecular formula is C18H23NO2. The van der Waals surface area contributed by atoms with Gasteiger partial charge in [-0.15, -0.1) is 0 Å². The lowest BCUT2D eigenvalue weighted by Gasteiger charge is -2.13. The number of benzene rings is 2. The smallest absolute Gasteiger partial charge is 0.120 e. The van der Waals surface area contributed by atoms with Crippen molar-refractivity contribution < 1.29 is 9.47 Å². The van der Waals surface area contributed by atoms with Crippen LogP contribution in [0.5, 0.6) is 11.5 Å². The number of hydrogen-bond acceptors (Lipinski definition) is 3. The molecule has 0 radical (unpaired) electrons. The zero-order valence-electron chi connectivity index (χ0n) is 12.9. The van der Waals surface area contributed by atoms with E-state index in [1.165, 1.54) is 5.56 Å². The first-order valence-corrected chi connectivity index (χ1v) is 7.34. The second kappa shape index (κ2) is 7.58. The third-order valence-corrected chi connectivity index (χ3v) is 3.40. The molecule has 1 N–H and O–H groups in total. The fraction of sp³-hybridized carbons (Fsp3) is 0.333. The van der Waals surface area contributed by atoms with Gasteiger partial charge in [-0.05, 0) is 43.2 Å². The number of nitrogens with one attached hydrogen (secondary N) is 1. The Morgan fingerprint density at radius 1 is 1.05 bits per heavy atom. The molecule has 0 bridgehead atoms. The van der Waals surface area contributed by atoms with E-state index in [9.17, 15) is 0 Å². The maximum atomic E-state index is 5.77. The number of methoxy groups -OCH3 is 1. The molecule has 3 heteroatoms. The maximum absolute atomic E-state index is 5.77. The van der Waals surface area contributed by atoms with Crippen molar-refractivity contribution >= 4 is 5.69 Å². The van der Waals surface area contributed by atoms with E-state index in [0.29, 0.717) is 0 Å². The zero-order valence-corrected chi connectivity index (χ0v) is 12.9. The minimum absolute atomic E-state index is 0.255. The molecule has 0 aliphatic carbocycles. The fourth-order valence-corrected chi connectivity index (χ4v) is 1.94. The summed E-state index contributed by atoms with van der Waals surface area (Å²) in [5.74, 6) is 1.78. The number of hydrogen-bond donors (Lipinski definition) is 1. The van der Waals surface area contributed by atoms with Gasteiger partial charge in [-0.2, -0.15) is 0 Å². The molecule has 0 saturated heterocycles. The van der Waals surface area contributed by atoms with Crippen LogP contribution in [0.15, 0.2) is 48.5 Å². The molecule has 1 atom stereocenters. The lowest BCUT2D eigenvalue weighted by atomic mass is 10.2. The first-order valence-electron chi connectivity index (χ1n) is 7.34. The highest BCUT2D eigenvalue weighted by atomic mass is 16.5. The van der Waals surface area contributed by atoms with Crippen LogP contribution < -0.4 is 14.8 Å². The highest BCUT2D eigenvalue weighted by Gasteiger charge is 2.01. The van der Waals surface area contributed by atoms with E-state index >= 15 is 0 Å². The molecule has 0 saturated carbocycles. The molecule has 2 aromatic rings. The molecule has 0 spiro atoms. The summed E-state index contributed by atoms with van der Waals surface area (Å²) in [6.07, 6.45) is 1.27. The van der Waals surface area contributed by atoms with Crippen molar-refractivity contribution in [1.82, 2.24) is 0 Å². The van der Waals surface area contributed by atoms with Crippen LogP contribution in [0.2, 0.25) is 0 Å². The van der Waals surface area contributed by atoms with Gasteiger partial charge in [-0.1, -0.05) is 25.1 Å². The Labute approximate surface area is 126 Å². The molecule has 0 amide bonds. The van der Waals surface area contributed by atoms with Gasteiger partial charge in [0.15, 0.2) is 0 Å². The molecule has 21 heavy (non-hydrogen) atoms. The van der Waals surface area contributed by atoms with E-state index in [2.05, 4.69) is 31.3 Å². The van der Waals surface area contributed by atoms with Gasteiger partial charge in [-0.3, -0.25) is 0 Å². The van der Waals surface area contributed by atoms with Gasteiger partial charge in [0.05, 0.1) is 13.2 Å². The fourth-order valence-electron chi connectivity index (χ4n) is 1.94. The van der Waals surface area contributed by atoms with Crippen molar-refractivity contribution in [2.45, 2.75) is 32.9 Å². The average Bonchev–Trinajstić information content (AvgIpc) is 2.54. The topological polar surface area (TPSA) is 30.5 Å². The summed E-state index contributed by atoms with van der Waals surface area (Å²) >= 11 is 0. The Balaban J connectivity index is 1.91. The Morgan fingerprint density at radius 2 is 1.81 bits per heavy atom. The largest absolute Gasteiger partial charge is 0.497 e. The van der Waals surface area contributed by atoms with Gasteiger partial charge >= 0.3 is 0 Å². The van der Waals surface area contributed by atoms with Crippen molar-refractivity contribution in [2.24, 2.45) is 0 Å². The van der Waals surface area contributed by atoms with Crippen molar-refractivity contribution in [1.29, 1.82) is 0 Å². The van der Waals surface area contributed by atoms with Crippen molar-refractivity contribution in [2.75, 3.05) is 12.4 Å². The van der Waals surface area contributed by atoms with E-state index < -0.39 is 0 Å². The number of ether oxygens (including phenoxy) is 2. The minimum Gasteiger partial charge on any atom is -0.497 e. The van der Waals surface area contributed by atoms with Crippen LogP contribution in [-0.4, -0.2) is 13.2 Å². The van der Waals surface area contributed by atoms with E-state index in [1.807, 2.05) is 36.4 Å². The number of anilines is 1. The summed E-state index contributed by atoms with van der Waals surface area (Å²) < 4.78 is 11.0. The van der Waals surface area contributed by atoms with Gasteiger partial charge in [0.2, 0.25) is 0 Å². The highest BCUT2D eigenvalue weighted by Crippen LogP contribution is 2.19. The van der Waals surface area contributed by atoms with Crippen LogP contribution in [0.3, 0.4) is 0 Å². The van der Waals surface area contributed by atoms with Gasteiger partial charge in [-0.25, -0.2) is 0 Å². The van der Waals surface area contributed by atoms with E-state index in [-0.39, 0.29) is 6.10 Å². The van der Waals surface area contributed by atoms with Crippen molar-refractivity contribution in [3.05, 3.63) is 54.1 Å². The summed E-state index contributed by atoms with van der Waals surface area (Å²) in [5.41, 5.74) is 2.27. The lowest BCUT2D eigenvalue weighted by molar-refractivity contribution is 0.217. The van der Waals surface area contributed by atoms with Gasteiger partial charge in [0.1, 0.15) is 11.5 Å². The monoisotopic (exact) mass is 285 g/mol. The molecule has 1 unspecified atom stereocenters. The van der Waals surface area contributed by atoms with Gasteiger partial charge in [0, 0.05) is 18.3 Å². The summed E-state index contributed by atoms with van der Waals surface area (Å²) in [6, 6.07) is 16.2. The van der Waals surface area contributed by atoms with Crippen LogP contribution in [-0.2, 0) is 6.54 Å². The third kappa shape index (κ3) is 4.71. The Hall–Kier alpha value is -2.16. The molecular weight excluding hydrogens is 262 g/mol. The van der Waals surface area contributed by atoms with Crippen molar-refractivity contribution in [3.63, 3.8) is 0 Å². The van der Waals surface area contributed by atoms with Crippen LogP contribution in [0.25, 0.3) is 0 Å².